The fourth-order valence-corrected chi connectivity index (χ4v) is 1.88. The van der Waals surface area contributed by atoms with Gasteiger partial charge in [0.2, 0.25) is 0 Å². The number of Topliss-reactive ketones (excluding diaryl/α,β-unsaturated/α-hetero) is 1. The molecular weight excluding hydrogens is 238 g/mol. The van der Waals surface area contributed by atoms with Crippen molar-refractivity contribution in [2.24, 2.45) is 0 Å². The molecule has 17 heavy (non-hydrogen) atoms. The van der Waals surface area contributed by atoms with Gasteiger partial charge in [-0.1, -0.05) is 29.3 Å². The lowest BCUT2D eigenvalue weighted by Crippen LogP contribution is -2.29. The van der Waals surface area contributed by atoms with Gasteiger partial charge in [0.15, 0.2) is 0 Å². The highest BCUT2D eigenvalue weighted by atomic mass is 35.5. The third-order valence-corrected chi connectivity index (χ3v) is 2.84. The van der Waals surface area contributed by atoms with Crippen LogP contribution in [0.1, 0.15) is 22.8 Å². The molecule has 0 unspecified atom stereocenters. The largest absolute Gasteiger partial charge is 0.301 e. The maximum atomic E-state index is 11.8. The SMILES string of the molecule is CC(Cl)=CCN1C(=O)C(=O)c2cc(C)ccc21. The molecule has 0 saturated carbocycles. The predicted molar refractivity (Wildman–Crippen MR) is 67.5 cm³/mol. The van der Waals surface area contributed by atoms with Crippen molar-refractivity contribution in [3.8, 4) is 0 Å². The molecule has 0 atom stereocenters. The molecule has 3 nitrogen and oxygen atoms in total. The number of rotatable bonds is 2. The van der Waals surface area contributed by atoms with Gasteiger partial charge >= 0.3 is 0 Å². The van der Waals surface area contributed by atoms with Gasteiger partial charge in [-0.05, 0) is 26.0 Å². The molecule has 1 aromatic carbocycles. The maximum Gasteiger partial charge on any atom is 0.299 e. The Hall–Kier alpha value is -1.61. The zero-order valence-electron chi connectivity index (χ0n) is 9.66. The Labute approximate surface area is 105 Å². The number of benzene rings is 1. The molecular formula is C13H12ClNO2. The van der Waals surface area contributed by atoms with E-state index in [0.717, 1.165) is 5.56 Å². The summed E-state index contributed by atoms with van der Waals surface area (Å²) in [7, 11) is 0. The number of anilines is 1. The van der Waals surface area contributed by atoms with Gasteiger partial charge in [0, 0.05) is 11.6 Å². The molecule has 1 amide bonds. The van der Waals surface area contributed by atoms with Crippen LogP contribution in [0.2, 0.25) is 0 Å². The number of carbonyl (C=O) groups is 2. The number of amides is 1. The van der Waals surface area contributed by atoms with E-state index in [4.69, 9.17) is 11.6 Å². The van der Waals surface area contributed by atoms with Crippen LogP contribution in [-0.2, 0) is 4.79 Å². The van der Waals surface area contributed by atoms with Gasteiger partial charge in [0.05, 0.1) is 11.3 Å². The van der Waals surface area contributed by atoms with Gasteiger partial charge in [-0.25, -0.2) is 0 Å². The number of ketones is 1. The van der Waals surface area contributed by atoms with Crippen molar-refractivity contribution in [2.75, 3.05) is 11.4 Å². The van der Waals surface area contributed by atoms with Crippen molar-refractivity contribution in [1.29, 1.82) is 0 Å². The van der Waals surface area contributed by atoms with E-state index < -0.39 is 11.7 Å². The number of halogens is 1. The van der Waals surface area contributed by atoms with E-state index in [1.165, 1.54) is 4.90 Å². The van der Waals surface area contributed by atoms with Gasteiger partial charge in [0.1, 0.15) is 0 Å². The topological polar surface area (TPSA) is 37.4 Å². The van der Waals surface area contributed by atoms with Crippen LogP contribution in [0, 0.1) is 6.92 Å². The van der Waals surface area contributed by atoms with Gasteiger partial charge in [0.25, 0.3) is 11.7 Å². The van der Waals surface area contributed by atoms with Crippen LogP contribution >= 0.6 is 11.6 Å². The molecule has 0 fully saturated rings. The molecule has 0 N–H and O–H groups in total. The lowest BCUT2D eigenvalue weighted by atomic mass is 10.1. The van der Waals surface area contributed by atoms with E-state index in [2.05, 4.69) is 0 Å². The summed E-state index contributed by atoms with van der Waals surface area (Å²) >= 11 is 5.73. The number of carbonyl (C=O) groups excluding carboxylic acids is 2. The van der Waals surface area contributed by atoms with Gasteiger partial charge in [-0.3, -0.25) is 9.59 Å². The second-order valence-electron chi connectivity index (χ2n) is 4.06. The number of hydrogen-bond acceptors (Lipinski definition) is 2. The summed E-state index contributed by atoms with van der Waals surface area (Å²) in [5, 5.41) is 0.603. The van der Waals surface area contributed by atoms with Gasteiger partial charge < -0.3 is 4.90 Å². The molecule has 0 aromatic heterocycles. The van der Waals surface area contributed by atoms with Crippen LogP contribution < -0.4 is 4.90 Å². The van der Waals surface area contributed by atoms with E-state index in [0.29, 0.717) is 22.8 Å². The fourth-order valence-electron chi connectivity index (χ4n) is 1.81. The summed E-state index contributed by atoms with van der Waals surface area (Å²) in [6.07, 6.45) is 1.71. The molecule has 0 bridgehead atoms. The Morgan fingerprint density at radius 1 is 1.41 bits per heavy atom. The molecule has 4 heteroatoms. The first-order chi connectivity index (χ1) is 8.00. The zero-order chi connectivity index (χ0) is 12.6. The highest BCUT2D eigenvalue weighted by Gasteiger charge is 2.34. The minimum absolute atomic E-state index is 0.329. The van der Waals surface area contributed by atoms with Crippen LogP contribution in [0.15, 0.2) is 29.3 Å². The van der Waals surface area contributed by atoms with E-state index >= 15 is 0 Å². The summed E-state index contributed by atoms with van der Waals surface area (Å²) in [6.45, 7) is 3.96. The second kappa shape index (κ2) is 4.34. The van der Waals surface area contributed by atoms with Crippen LogP contribution in [0.3, 0.4) is 0 Å². The van der Waals surface area contributed by atoms with E-state index in [1.54, 1.807) is 25.1 Å². The third-order valence-electron chi connectivity index (χ3n) is 2.68. The lowest BCUT2D eigenvalue weighted by molar-refractivity contribution is -0.114. The predicted octanol–water partition coefficient (Wildman–Crippen LogP) is 2.67. The van der Waals surface area contributed by atoms with E-state index in [1.807, 2.05) is 13.0 Å². The van der Waals surface area contributed by atoms with Gasteiger partial charge in [-0.15, -0.1) is 0 Å². The van der Waals surface area contributed by atoms with Crippen LogP contribution in [0.4, 0.5) is 5.69 Å². The Bertz CT molecular complexity index is 530. The molecule has 0 aliphatic carbocycles. The Morgan fingerprint density at radius 3 is 2.76 bits per heavy atom. The van der Waals surface area contributed by atoms with Crippen molar-refractivity contribution in [1.82, 2.24) is 0 Å². The van der Waals surface area contributed by atoms with Crippen molar-refractivity contribution in [2.45, 2.75) is 13.8 Å². The average molecular weight is 250 g/mol. The van der Waals surface area contributed by atoms with Crippen molar-refractivity contribution in [3.05, 3.63) is 40.4 Å². The summed E-state index contributed by atoms with van der Waals surface area (Å²) < 4.78 is 0. The minimum Gasteiger partial charge on any atom is -0.301 e. The molecule has 88 valence electrons. The molecule has 0 spiro atoms. The number of aryl methyl sites for hydroxylation is 1. The fraction of sp³-hybridized carbons (Fsp3) is 0.231. The van der Waals surface area contributed by atoms with Crippen molar-refractivity contribution < 1.29 is 9.59 Å². The minimum atomic E-state index is -0.486. The Balaban J connectivity index is 2.41. The monoisotopic (exact) mass is 249 g/mol. The third kappa shape index (κ3) is 2.11. The summed E-state index contributed by atoms with van der Waals surface area (Å²) in [6, 6.07) is 5.42. The molecule has 0 radical (unpaired) electrons. The van der Waals surface area contributed by atoms with Crippen molar-refractivity contribution >= 4 is 29.0 Å². The summed E-state index contributed by atoms with van der Waals surface area (Å²) in [5.41, 5.74) is 2.12. The number of nitrogens with zero attached hydrogens (tertiary/aromatic N) is 1. The standard InChI is InChI=1S/C13H12ClNO2/c1-8-3-4-11-10(7-8)12(16)13(17)15(11)6-5-9(2)14/h3-5,7H,6H2,1-2H3. The van der Waals surface area contributed by atoms with Gasteiger partial charge in [-0.2, -0.15) is 0 Å². The first-order valence-electron chi connectivity index (χ1n) is 5.30. The molecule has 0 saturated heterocycles. The first-order valence-corrected chi connectivity index (χ1v) is 5.67. The number of fused-ring (bicyclic) bond motifs is 1. The molecule has 1 aliphatic rings. The number of hydrogen-bond donors (Lipinski definition) is 0. The summed E-state index contributed by atoms with van der Waals surface area (Å²) in [4.78, 5) is 25.0. The Morgan fingerprint density at radius 2 is 2.12 bits per heavy atom. The number of allylic oxidation sites excluding steroid dienone is 1. The second-order valence-corrected chi connectivity index (χ2v) is 4.65. The zero-order valence-corrected chi connectivity index (χ0v) is 10.4. The Kier molecular flexibility index (Phi) is 3.03. The summed E-state index contributed by atoms with van der Waals surface area (Å²) in [5.74, 6) is -0.927. The lowest BCUT2D eigenvalue weighted by Gasteiger charge is -2.14. The maximum absolute atomic E-state index is 11.8. The quantitative estimate of drug-likeness (QED) is 0.756. The molecule has 2 rings (SSSR count). The van der Waals surface area contributed by atoms with E-state index in [9.17, 15) is 9.59 Å². The highest BCUT2D eigenvalue weighted by Crippen LogP contribution is 2.29. The van der Waals surface area contributed by atoms with Crippen LogP contribution in [0.5, 0.6) is 0 Å². The smallest absolute Gasteiger partial charge is 0.299 e. The van der Waals surface area contributed by atoms with Crippen LogP contribution in [0.25, 0.3) is 0 Å². The average Bonchev–Trinajstić information content (AvgIpc) is 2.50. The molecule has 1 aromatic rings. The molecule has 1 heterocycles. The van der Waals surface area contributed by atoms with Crippen molar-refractivity contribution in [3.63, 3.8) is 0 Å². The van der Waals surface area contributed by atoms with E-state index in [-0.39, 0.29) is 0 Å². The van der Waals surface area contributed by atoms with Crippen LogP contribution in [-0.4, -0.2) is 18.2 Å². The first kappa shape index (κ1) is 11.9. The molecule has 1 aliphatic heterocycles. The normalized spacial score (nSPS) is 15.5. The highest BCUT2D eigenvalue weighted by molar-refractivity contribution is 6.52.